The van der Waals surface area contributed by atoms with E-state index < -0.39 is 0 Å². The summed E-state index contributed by atoms with van der Waals surface area (Å²) in [5.41, 5.74) is 5.15. The molecule has 116 valence electrons. The third-order valence-corrected chi connectivity index (χ3v) is 4.89. The van der Waals surface area contributed by atoms with Crippen molar-refractivity contribution in [3.63, 3.8) is 0 Å². The monoisotopic (exact) mass is 324 g/mol. The molecule has 23 heavy (non-hydrogen) atoms. The highest BCUT2D eigenvalue weighted by Crippen LogP contribution is 2.27. The fourth-order valence-electron chi connectivity index (χ4n) is 3.35. The van der Waals surface area contributed by atoms with Crippen LogP contribution in [0.1, 0.15) is 27.2 Å². The van der Waals surface area contributed by atoms with E-state index in [1.807, 2.05) is 36.1 Å². The Labute approximate surface area is 139 Å². The van der Waals surface area contributed by atoms with Gasteiger partial charge >= 0.3 is 0 Å². The summed E-state index contributed by atoms with van der Waals surface area (Å²) in [6, 6.07) is 14.0. The van der Waals surface area contributed by atoms with E-state index in [0.29, 0.717) is 17.3 Å². The molecule has 1 aliphatic heterocycles. The number of hydrogen-bond donors (Lipinski definition) is 1. The normalized spacial score (nSPS) is 14.1. The van der Waals surface area contributed by atoms with Crippen LogP contribution in [0, 0.1) is 6.92 Å². The van der Waals surface area contributed by atoms with Crippen molar-refractivity contribution >= 4 is 28.4 Å². The zero-order valence-corrected chi connectivity index (χ0v) is 13.7. The van der Waals surface area contributed by atoms with Gasteiger partial charge in [-0.25, -0.2) is 0 Å². The maximum Gasteiger partial charge on any atom is 0.270 e. The van der Waals surface area contributed by atoms with Crippen molar-refractivity contribution in [1.82, 2.24) is 9.88 Å². The standard InChI is InChI=1S/C19H17ClN2O/c1-12-16-7-6-15(20)10-17(16)21-18(12)19(23)22-9-8-13-4-2-3-5-14(13)11-22/h2-7,10,21H,8-9,11H2,1H3. The topological polar surface area (TPSA) is 36.1 Å². The Bertz CT molecular complexity index is 913. The van der Waals surface area contributed by atoms with Crippen LogP contribution >= 0.6 is 11.6 Å². The predicted octanol–water partition coefficient (Wildman–Crippen LogP) is 4.33. The molecule has 0 bridgehead atoms. The first-order valence-electron chi connectivity index (χ1n) is 7.77. The molecule has 3 aromatic rings. The van der Waals surface area contributed by atoms with E-state index in [1.165, 1.54) is 11.1 Å². The maximum absolute atomic E-state index is 12.9. The minimum atomic E-state index is 0.0596. The molecule has 1 aliphatic rings. The third kappa shape index (κ3) is 2.41. The molecular weight excluding hydrogens is 308 g/mol. The van der Waals surface area contributed by atoms with Crippen LogP contribution < -0.4 is 0 Å². The lowest BCUT2D eigenvalue weighted by atomic mass is 9.99. The summed E-state index contributed by atoms with van der Waals surface area (Å²) in [6.45, 7) is 3.41. The smallest absolute Gasteiger partial charge is 0.270 e. The number of fused-ring (bicyclic) bond motifs is 2. The summed E-state index contributed by atoms with van der Waals surface area (Å²) in [6.07, 6.45) is 0.910. The number of carbonyl (C=O) groups excluding carboxylic acids is 1. The first-order chi connectivity index (χ1) is 11.1. The van der Waals surface area contributed by atoms with Gasteiger partial charge in [0.25, 0.3) is 5.91 Å². The number of nitrogens with one attached hydrogen (secondary N) is 1. The van der Waals surface area contributed by atoms with Crippen molar-refractivity contribution in [3.8, 4) is 0 Å². The summed E-state index contributed by atoms with van der Waals surface area (Å²) in [4.78, 5) is 18.1. The van der Waals surface area contributed by atoms with Crippen LogP contribution in [0.15, 0.2) is 42.5 Å². The minimum Gasteiger partial charge on any atom is -0.350 e. The van der Waals surface area contributed by atoms with E-state index in [4.69, 9.17) is 11.6 Å². The van der Waals surface area contributed by atoms with Crippen LogP contribution in [-0.4, -0.2) is 22.3 Å². The molecule has 1 amide bonds. The van der Waals surface area contributed by atoms with Gasteiger partial charge in [-0.05, 0) is 42.2 Å². The molecule has 1 N–H and O–H groups in total. The lowest BCUT2D eigenvalue weighted by molar-refractivity contribution is 0.0729. The van der Waals surface area contributed by atoms with Gasteiger partial charge in [0.15, 0.2) is 0 Å². The summed E-state index contributed by atoms with van der Waals surface area (Å²) >= 11 is 6.05. The Hall–Kier alpha value is -2.26. The highest BCUT2D eigenvalue weighted by atomic mass is 35.5. The Morgan fingerprint density at radius 1 is 1.17 bits per heavy atom. The van der Waals surface area contributed by atoms with Gasteiger partial charge in [-0.1, -0.05) is 41.9 Å². The molecule has 0 spiro atoms. The first-order valence-corrected chi connectivity index (χ1v) is 8.15. The summed E-state index contributed by atoms with van der Waals surface area (Å²) in [5.74, 6) is 0.0596. The Morgan fingerprint density at radius 3 is 2.78 bits per heavy atom. The van der Waals surface area contributed by atoms with Crippen LogP contribution in [-0.2, 0) is 13.0 Å². The van der Waals surface area contributed by atoms with Gasteiger partial charge in [0.2, 0.25) is 0 Å². The quantitative estimate of drug-likeness (QED) is 0.710. The van der Waals surface area contributed by atoms with E-state index in [-0.39, 0.29) is 5.91 Å². The fourth-order valence-corrected chi connectivity index (χ4v) is 3.52. The van der Waals surface area contributed by atoms with E-state index in [9.17, 15) is 4.79 Å². The third-order valence-electron chi connectivity index (χ3n) is 4.65. The van der Waals surface area contributed by atoms with Crippen molar-refractivity contribution in [1.29, 1.82) is 0 Å². The number of hydrogen-bond acceptors (Lipinski definition) is 1. The van der Waals surface area contributed by atoms with Gasteiger partial charge in [0.05, 0.1) is 0 Å². The van der Waals surface area contributed by atoms with Crippen molar-refractivity contribution in [3.05, 3.63) is 69.9 Å². The molecule has 0 radical (unpaired) electrons. The lowest BCUT2D eigenvalue weighted by Gasteiger charge is -2.28. The largest absolute Gasteiger partial charge is 0.350 e. The molecule has 0 saturated carbocycles. The second-order valence-electron chi connectivity index (χ2n) is 6.06. The molecule has 4 rings (SSSR count). The van der Waals surface area contributed by atoms with Crippen LogP contribution in [0.5, 0.6) is 0 Å². The van der Waals surface area contributed by atoms with Gasteiger partial charge in [0.1, 0.15) is 5.69 Å². The molecule has 1 aromatic heterocycles. The zero-order valence-electron chi connectivity index (χ0n) is 12.9. The van der Waals surface area contributed by atoms with Gasteiger partial charge in [-0.15, -0.1) is 0 Å². The average Bonchev–Trinajstić information content (AvgIpc) is 2.89. The lowest BCUT2D eigenvalue weighted by Crippen LogP contribution is -2.36. The molecule has 0 unspecified atom stereocenters. The number of H-pyrrole nitrogens is 1. The molecule has 4 heteroatoms. The van der Waals surface area contributed by atoms with Gasteiger partial charge in [-0.3, -0.25) is 4.79 Å². The predicted molar refractivity (Wildman–Crippen MR) is 92.9 cm³/mol. The molecular formula is C19H17ClN2O. The van der Waals surface area contributed by atoms with E-state index >= 15 is 0 Å². The molecule has 3 nitrogen and oxygen atoms in total. The molecule has 0 aliphatic carbocycles. The van der Waals surface area contributed by atoms with Crippen molar-refractivity contribution in [2.45, 2.75) is 19.9 Å². The van der Waals surface area contributed by atoms with Crippen molar-refractivity contribution in [2.24, 2.45) is 0 Å². The number of benzene rings is 2. The number of amides is 1. The van der Waals surface area contributed by atoms with Gasteiger partial charge in [0, 0.05) is 29.0 Å². The Balaban J connectivity index is 1.69. The number of carbonyl (C=O) groups is 1. The van der Waals surface area contributed by atoms with Crippen LogP contribution in [0.25, 0.3) is 10.9 Å². The number of aryl methyl sites for hydroxylation is 1. The Morgan fingerprint density at radius 2 is 1.96 bits per heavy atom. The number of rotatable bonds is 1. The molecule has 0 atom stereocenters. The van der Waals surface area contributed by atoms with E-state index in [1.54, 1.807) is 0 Å². The van der Waals surface area contributed by atoms with Crippen LogP contribution in [0.4, 0.5) is 0 Å². The number of nitrogens with zero attached hydrogens (tertiary/aromatic N) is 1. The number of aromatic amines is 1. The van der Waals surface area contributed by atoms with Crippen molar-refractivity contribution in [2.75, 3.05) is 6.54 Å². The maximum atomic E-state index is 12.9. The summed E-state index contributed by atoms with van der Waals surface area (Å²) in [7, 11) is 0. The van der Waals surface area contributed by atoms with Gasteiger partial charge < -0.3 is 9.88 Å². The second kappa shape index (κ2) is 5.43. The zero-order chi connectivity index (χ0) is 16.0. The van der Waals surface area contributed by atoms with Crippen LogP contribution in [0.3, 0.4) is 0 Å². The minimum absolute atomic E-state index is 0.0596. The second-order valence-corrected chi connectivity index (χ2v) is 6.50. The van der Waals surface area contributed by atoms with Crippen LogP contribution in [0.2, 0.25) is 5.02 Å². The number of aromatic nitrogens is 1. The molecule has 2 heterocycles. The van der Waals surface area contributed by atoms with E-state index in [0.717, 1.165) is 29.4 Å². The highest BCUT2D eigenvalue weighted by Gasteiger charge is 2.24. The molecule has 0 fully saturated rings. The first kappa shape index (κ1) is 14.3. The SMILES string of the molecule is Cc1c(C(=O)N2CCc3ccccc3C2)[nH]c2cc(Cl)ccc12. The van der Waals surface area contributed by atoms with Crippen molar-refractivity contribution < 1.29 is 4.79 Å². The fraction of sp³-hybridized carbons (Fsp3) is 0.211. The number of halogens is 1. The molecule has 2 aromatic carbocycles. The van der Waals surface area contributed by atoms with E-state index in [2.05, 4.69) is 23.2 Å². The molecule has 0 saturated heterocycles. The summed E-state index contributed by atoms with van der Waals surface area (Å²) in [5, 5.41) is 1.72. The summed E-state index contributed by atoms with van der Waals surface area (Å²) < 4.78 is 0. The van der Waals surface area contributed by atoms with Gasteiger partial charge in [-0.2, -0.15) is 0 Å². The average molecular weight is 325 g/mol. The Kier molecular flexibility index (Phi) is 3.38. The highest BCUT2D eigenvalue weighted by molar-refractivity contribution is 6.31.